The van der Waals surface area contributed by atoms with Gasteiger partial charge >= 0.3 is 0 Å². The molecular weight excluding hydrogens is 162 g/mol. The lowest BCUT2D eigenvalue weighted by molar-refractivity contribution is 0.357. The van der Waals surface area contributed by atoms with Crippen LogP contribution in [0.25, 0.3) is 0 Å². The van der Waals surface area contributed by atoms with Crippen LogP contribution in [0.3, 0.4) is 0 Å². The minimum absolute atomic E-state index is 0.000940. The zero-order valence-corrected chi connectivity index (χ0v) is 7.86. The van der Waals surface area contributed by atoms with Crippen molar-refractivity contribution in [2.45, 2.75) is 13.0 Å². The van der Waals surface area contributed by atoms with Gasteiger partial charge < -0.3 is 10.5 Å². The second kappa shape index (κ2) is 4.67. The standard InChI is InChI=1S/C11H15NO/c1-3-8-13-11-7-5-4-6-10(11)9(2)12/h3-7,9H,1,8,12H2,2H3/t9-/m0/s1. The van der Waals surface area contributed by atoms with Crippen molar-refractivity contribution in [3.8, 4) is 5.75 Å². The zero-order valence-electron chi connectivity index (χ0n) is 7.86. The summed E-state index contributed by atoms with van der Waals surface area (Å²) in [7, 11) is 0. The number of hydrogen-bond donors (Lipinski definition) is 1. The summed E-state index contributed by atoms with van der Waals surface area (Å²) in [4.78, 5) is 0. The van der Waals surface area contributed by atoms with Gasteiger partial charge in [-0.25, -0.2) is 0 Å². The summed E-state index contributed by atoms with van der Waals surface area (Å²) in [6.07, 6.45) is 1.72. The number of ether oxygens (including phenoxy) is 1. The third-order valence-electron chi connectivity index (χ3n) is 1.77. The Kier molecular flexibility index (Phi) is 3.53. The molecule has 2 heteroatoms. The summed E-state index contributed by atoms with van der Waals surface area (Å²) in [5.74, 6) is 0.845. The van der Waals surface area contributed by atoms with E-state index in [2.05, 4.69) is 6.58 Å². The molecule has 1 aromatic rings. The van der Waals surface area contributed by atoms with Crippen molar-refractivity contribution in [1.82, 2.24) is 0 Å². The van der Waals surface area contributed by atoms with Crippen LogP contribution in [0, 0.1) is 0 Å². The fourth-order valence-corrected chi connectivity index (χ4v) is 1.14. The Balaban J connectivity index is 2.84. The molecular formula is C11H15NO. The molecule has 0 saturated carbocycles. The molecule has 0 aliphatic rings. The van der Waals surface area contributed by atoms with Crippen LogP contribution in [0.1, 0.15) is 18.5 Å². The Bertz CT molecular complexity index is 281. The molecule has 0 unspecified atom stereocenters. The predicted octanol–water partition coefficient (Wildman–Crippen LogP) is 2.27. The average molecular weight is 177 g/mol. The predicted molar refractivity (Wildman–Crippen MR) is 54.7 cm³/mol. The van der Waals surface area contributed by atoms with Crippen LogP contribution >= 0.6 is 0 Å². The lowest BCUT2D eigenvalue weighted by atomic mass is 10.1. The zero-order chi connectivity index (χ0) is 9.68. The van der Waals surface area contributed by atoms with Gasteiger partial charge in [0.25, 0.3) is 0 Å². The van der Waals surface area contributed by atoms with Crippen LogP contribution < -0.4 is 10.5 Å². The smallest absolute Gasteiger partial charge is 0.124 e. The van der Waals surface area contributed by atoms with Crippen LogP contribution in [0.5, 0.6) is 5.75 Å². The highest BCUT2D eigenvalue weighted by Crippen LogP contribution is 2.22. The monoisotopic (exact) mass is 177 g/mol. The van der Waals surface area contributed by atoms with Crippen molar-refractivity contribution in [3.05, 3.63) is 42.5 Å². The Morgan fingerprint density at radius 1 is 1.54 bits per heavy atom. The van der Waals surface area contributed by atoms with Crippen molar-refractivity contribution in [1.29, 1.82) is 0 Å². The van der Waals surface area contributed by atoms with Crippen LogP contribution in [0.4, 0.5) is 0 Å². The third-order valence-corrected chi connectivity index (χ3v) is 1.77. The van der Waals surface area contributed by atoms with Crippen molar-refractivity contribution >= 4 is 0 Å². The van der Waals surface area contributed by atoms with Gasteiger partial charge in [0, 0.05) is 11.6 Å². The van der Waals surface area contributed by atoms with Crippen molar-refractivity contribution < 1.29 is 4.74 Å². The molecule has 0 aliphatic heterocycles. The largest absolute Gasteiger partial charge is 0.489 e. The molecule has 70 valence electrons. The van der Waals surface area contributed by atoms with Gasteiger partial charge in [0.05, 0.1) is 0 Å². The molecule has 13 heavy (non-hydrogen) atoms. The van der Waals surface area contributed by atoms with E-state index in [9.17, 15) is 0 Å². The Morgan fingerprint density at radius 2 is 2.23 bits per heavy atom. The summed E-state index contributed by atoms with van der Waals surface area (Å²) >= 11 is 0. The second-order valence-corrected chi connectivity index (χ2v) is 2.93. The molecule has 1 rings (SSSR count). The van der Waals surface area contributed by atoms with Crippen LogP contribution in [0.15, 0.2) is 36.9 Å². The van der Waals surface area contributed by atoms with Gasteiger partial charge in [0.15, 0.2) is 0 Å². The number of nitrogens with two attached hydrogens (primary N) is 1. The van der Waals surface area contributed by atoms with Crippen molar-refractivity contribution in [2.75, 3.05) is 6.61 Å². The Hall–Kier alpha value is -1.28. The molecule has 2 nitrogen and oxygen atoms in total. The van der Waals surface area contributed by atoms with Crippen molar-refractivity contribution in [2.24, 2.45) is 5.73 Å². The van der Waals surface area contributed by atoms with Gasteiger partial charge in [-0.1, -0.05) is 30.9 Å². The number of benzene rings is 1. The quantitative estimate of drug-likeness (QED) is 0.716. The highest BCUT2D eigenvalue weighted by molar-refractivity contribution is 5.35. The summed E-state index contributed by atoms with van der Waals surface area (Å²) in [6, 6.07) is 7.79. The summed E-state index contributed by atoms with van der Waals surface area (Å²) in [6.45, 7) is 6.05. The van der Waals surface area contributed by atoms with E-state index in [1.807, 2.05) is 31.2 Å². The molecule has 0 aromatic heterocycles. The van der Waals surface area contributed by atoms with E-state index in [1.165, 1.54) is 0 Å². The van der Waals surface area contributed by atoms with E-state index in [-0.39, 0.29) is 6.04 Å². The Labute approximate surface area is 79.0 Å². The first kappa shape index (κ1) is 9.81. The molecule has 0 spiro atoms. The van der Waals surface area contributed by atoms with Gasteiger partial charge in [-0.3, -0.25) is 0 Å². The highest BCUT2D eigenvalue weighted by Gasteiger charge is 2.05. The maximum absolute atomic E-state index is 5.78. The molecule has 0 aliphatic carbocycles. The number of hydrogen-bond acceptors (Lipinski definition) is 2. The van der Waals surface area contributed by atoms with Gasteiger partial charge in [0.2, 0.25) is 0 Å². The van der Waals surface area contributed by atoms with Crippen molar-refractivity contribution in [3.63, 3.8) is 0 Å². The summed E-state index contributed by atoms with van der Waals surface area (Å²) < 4.78 is 5.45. The first-order valence-corrected chi connectivity index (χ1v) is 4.34. The maximum atomic E-state index is 5.78. The molecule has 0 heterocycles. The maximum Gasteiger partial charge on any atom is 0.124 e. The third kappa shape index (κ3) is 2.60. The van der Waals surface area contributed by atoms with E-state index in [0.717, 1.165) is 11.3 Å². The number of rotatable bonds is 4. The van der Waals surface area contributed by atoms with E-state index >= 15 is 0 Å². The fraction of sp³-hybridized carbons (Fsp3) is 0.273. The first-order valence-electron chi connectivity index (χ1n) is 4.34. The van der Waals surface area contributed by atoms with Gasteiger partial charge in [-0.15, -0.1) is 0 Å². The van der Waals surface area contributed by atoms with E-state index in [0.29, 0.717) is 6.61 Å². The first-order chi connectivity index (χ1) is 6.25. The second-order valence-electron chi connectivity index (χ2n) is 2.93. The van der Waals surface area contributed by atoms with Crippen LogP contribution in [-0.2, 0) is 0 Å². The molecule has 0 saturated heterocycles. The topological polar surface area (TPSA) is 35.2 Å². The average Bonchev–Trinajstić information content (AvgIpc) is 2.15. The van der Waals surface area contributed by atoms with E-state index < -0.39 is 0 Å². The van der Waals surface area contributed by atoms with Gasteiger partial charge in [0.1, 0.15) is 12.4 Å². The molecule has 1 atom stereocenters. The molecule has 2 N–H and O–H groups in total. The summed E-state index contributed by atoms with van der Waals surface area (Å²) in [5, 5.41) is 0. The molecule has 0 bridgehead atoms. The molecule has 1 aromatic carbocycles. The van der Waals surface area contributed by atoms with E-state index in [4.69, 9.17) is 10.5 Å². The highest BCUT2D eigenvalue weighted by atomic mass is 16.5. The lowest BCUT2D eigenvalue weighted by Gasteiger charge is -2.12. The number of para-hydroxylation sites is 1. The normalized spacial score (nSPS) is 12.2. The Morgan fingerprint density at radius 3 is 2.85 bits per heavy atom. The molecule has 0 amide bonds. The van der Waals surface area contributed by atoms with Crippen LogP contribution in [-0.4, -0.2) is 6.61 Å². The minimum atomic E-state index is 0.000940. The van der Waals surface area contributed by atoms with Crippen LogP contribution in [0.2, 0.25) is 0 Å². The SMILES string of the molecule is C=CCOc1ccccc1[C@H](C)N. The molecule has 0 fully saturated rings. The van der Waals surface area contributed by atoms with Gasteiger partial charge in [-0.2, -0.15) is 0 Å². The molecule has 0 radical (unpaired) electrons. The summed E-state index contributed by atoms with van der Waals surface area (Å²) in [5.41, 5.74) is 6.81. The van der Waals surface area contributed by atoms with Gasteiger partial charge in [-0.05, 0) is 13.0 Å². The minimum Gasteiger partial charge on any atom is -0.489 e. The fourth-order valence-electron chi connectivity index (χ4n) is 1.14. The van der Waals surface area contributed by atoms with E-state index in [1.54, 1.807) is 6.08 Å². The lowest BCUT2D eigenvalue weighted by Crippen LogP contribution is -2.07.